The molecule has 0 saturated heterocycles. The highest BCUT2D eigenvalue weighted by molar-refractivity contribution is 5.79. The van der Waals surface area contributed by atoms with Crippen molar-refractivity contribution in [1.82, 2.24) is 4.90 Å². The van der Waals surface area contributed by atoms with Crippen molar-refractivity contribution in [3.63, 3.8) is 0 Å². The molecule has 1 rings (SSSR count). The fraction of sp³-hybridized carbons (Fsp3) is 0.938. The Hall–Kier alpha value is -0.610. The molecule has 20 heavy (non-hydrogen) atoms. The summed E-state index contributed by atoms with van der Waals surface area (Å²) < 4.78 is 5.18. The second kappa shape index (κ2) is 8.63. The number of carbonyl (C=O) groups excluding carboxylic acids is 1. The van der Waals surface area contributed by atoms with Crippen molar-refractivity contribution in [2.45, 2.75) is 65.0 Å². The van der Waals surface area contributed by atoms with Crippen molar-refractivity contribution in [2.24, 2.45) is 17.6 Å². The van der Waals surface area contributed by atoms with E-state index in [2.05, 4.69) is 20.8 Å². The van der Waals surface area contributed by atoms with E-state index in [-0.39, 0.29) is 12.0 Å². The molecule has 1 fully saturated rings. The van der Waals surface area contributed by atoms with E-state index < -0.39 is 0 Å². The van der Waals surface area contributed by atoms with Crippen LogP contribution in [0.2, 0.25) is 0 Å². The molecule has 0 radical (unpaired) electrons. The molecule has 1 amide bonds. The highest BCUT2D eigenvalue weighted by Gasteiger charge is 2.35. The fourth-order valence-electron chi connectivity index (χ4n) is 3.30. The predicted octanol–water partition coefficient (Wildman–Crippen LogP) is 2.41. The maximum atomic E-state index is 12.9. The van der Waals surface area contributed by atoms with Gasteiger partial charge in [0.1, 0.15) is 0 Å². The number of methoxy groups -OCH3 is 1. The van der Waals surface area contributed by atoms with Crippen LogP contribution in [0.5, 0.6) is 0 Å². The highest BCUT2D eigenvalue weighted by atomic mass is 16.5. The van der Waals surface area contributed by atoms with Crippen LogP contribution in [-0.2, 0) is 9.53 Å². The zero-order valence-electron chi connectivity index (χ0n) is 13.6. The smallest absolute Gasteiger partial charge is 0.226 e. The Kier molecular flexibility index (Phi) is 7.52. The number of nitrogens with two attached hydrogens (primary N) is 1. The molecule has 0 aromatic rings. The molecule has 1 aliphatic rings. The summed E-state index contributed by atoms with van der Waals surface area (Å²) in [7, 11) is 1.69. The van der Waals surface area contributed by atoms with Gasteiger partial charge in [0.25, 0.3) is 0 Å². The van der Waals surface area contributed by atoms with Crippen LogP contribution in [-0.4, -0.2) is 43.2 Å². The van der Waals surface area contributed by atoms with Crippen molar-refractivity contribution in [2.75, 3.05) is 20.3 Å². The Morgan fingerprint density at radius 2 is 2.00 bits per heavy atom. The third-order valence-electron chi connectivity index (χ3n) is 4.76. The van der Waals surface area contributed by atoms with E-state index in [1.165, 1.54) is 0 Å². The molecule has 118 valence electrons. The molecule has 3 unspecified atom stereocenters. The van der Waals surface area contributed by atoms with Gasteiger partial charge in [-0.2, -0.15) is 0 Å². The largest absolute Gasteiger partial charge is 0.383 e. The van der Waals surface area contributed by atoms with Gasteiger partial charge >= 0.3 is 0 Å². The molecular formula is C16H32N2O2. The van der Waals surface area contributed by atoms with Crippen molar-refractivity contribution in [1.29, 1.82) is 0 Å². The summed E-state index contributed by atoms with van der Waals surface area (Å²) in [6, 6.07) is 0.508. The number of nitrogens with zero attached hydrogens (tertiary/aromatic N) is 1. The fourth-order valence-corrected chi connectivity index (χ4v) is 3.30. The van der Waals surface area contributed by atoms with E-state index in [1.54, 1.807) is 7.11 Å². The summed E-state index contributed by atoms with van der Waals surface area (Å²) in [4.78, 5) is 15.0. The molecule has 3 atom stereocenters. The maximum Gasteiger partial charge on any atom is 0.226 e. The Bertz CT molecular complexity index is 292. The first-order valence-corrected chi connectivity index (χ1v) is 8.10. The summed E-state index contributed by atoms with van der Waals surface area (Å²) in [6.07, 6.45) is 4.95. The Labute approximate surface area is 124 Å². The molecule has 0 aromatic carbocycles. The number of carbonyl (C=O) groups is 1. The monoisotopic (exact) mass is 284 g/mol. The molecule has 0 aliphatic heterocycles. The molecular weight excluding hydrogens is 252 g/mol. The van der Waals surface area contributed by atoms with Crippen molar-refractivity contribution in [3.05, 3.63) is 0 Å². The van der Waals surface area contributed by atoms with Crippen LogP contribution in [0, 0.1) is 11.8 Å². The number of rotatable bonds is 7. The summed E-state index contributed by atoms with van der Waals surface area (Å²) in [5.74, 6) is 0.830. The first kappa shape index (κ1) is 17.4. The summed E-state index contributed by atoms with van der Waals surface area (Å²) in [6.45, 7) is 7.79. The van der Waals surface area contributed by atoms with Gasteiger partial charge in [0.05, 0.1) is 6.61 Å². The van der Waals surface area contributed by atoms with Crippen molar-refractivity contribution < 1.29 is 9.53 Å². The molecule has 1 aliphatic carbocycles. The third kappa shape index (κ3) is 4.45. The van der Waals surface area contributed by atoms with Crippen LogP contribution in [0.3, 0.4) is 0 Å². The molecule has 1 saturated carbocycles. The lowest BCUT2D eigenvalue weighted by Gasteiger charge is -2.38. The number of ether oxygens (including phenoxy) is 1. The zero-order chi connectivity index (χ0) is 15.1. The van der Waals surface area contributed by atoms with Crippen LogP contribution in [0.1, 0.15) is 52.9 Å². The van der Waals surface area contributed by atoms with E-state index in [9.17, 15) is 4.79 Å². The lowest BCUT2D eigenvalue weighted by atomic mass is 9.77. The lowest BCUT2D eigenvalue weighted by molar-refractivity contribution is -0.142. The van der Waals surface area contributed by atoms with Crippen LogP contribution in [0.4, 0.5) is 0 Å². The molecule has 4 heteroatoms. The molecule has 0 heterocycles. The standard InChI is InChI=1S/C16H32N2O2/c1-5-14(6-2)18(9-10-20-4)16(19)15-11-13(17)8-7-12(15)3/h12-15H,5-11,17H2,1-4H3. The van der Waals surface area contributed by atoms with E-state index in [4.69, 9.17) is 10.5 Å². The van der Waals surface area contributed by atoms with Gasteiger partial charge in [0.15, 0.2) is 0 Å². The minimum atomic E-state index is 0.0937. The normalized spacial score (nSPS) is 26.8. The first-order chi connectivity index (χ1) is 9.54. The molecule has 0 bridgehead atoms. The quantitative estimate of drug-likeness (QED) is 0.781. The SMILES string of the molecule is CCC(CC)N(CCOC)C(=O)C1CC(N)CCC1C. The molecule has 0 aromatic heterocycles. The summed E-state index contributed by atoms with van der Waals surface area (Å²) in [5, 5.41) is 0. The lowest BCUT2D eigenvalue weighted by Crippen LogP contribution is -2.48. The zero-order valence-corrected chi connectivity index (χ0v) is 13.6. The third-order valence-corrected chi connectivity index (χ3v) is 4.76. The van der Waals surface area contributed by atoms with Crippen molar-refractivity contribution in [3.8, 4) is 0 Å². The highest BCUT2D eigenvalue weighted by Crippen LogP contribution is 2.31. The van der Waals surface area contributed by atoms with Gasteiger partial charge in [0.2, 0.25) is 5.91 Å². The van der Waals surface area contributed by atoms with Crippen LogP contribution < -0.4 is 5.73 Å². The summed E-state index contributed by atoms with van der Waals surface area (Å²) >= 11 is 0. The van der Waals surface area contributed by atoms with E-state index in [1.807, 2.05) is 4.90 Å². The molecule has 4 nitrogen and oxygen atoms in total. The van der Waals surface area contributed by atoms with Crippen LogP contribution in [0.25, 0.3) is 0 Å². The average Bonchev–Trinajstić information content (AvgIpc) is 2.45. The van der Waals surface area contributed by atoms with Gasteiger partial charge in [-0.05, 0) is 38.0 Å². The number of amides is 1. The average molecular weight is 284 g/mol. The first-order valence-electron chi connectivity index (χ1n) is 8.10. The van der Waals surface area contributed by atoms with E-state index in [0.717, 1.165) is 32.1 Å². The summed E-state index contributed by atoms with van der Waals surface area (Å²) in [5.41, 5.74) is 6.07. The topological polar surface area (TPSA) is 55.6 Å². The number of hydrogen-bond acceptors (Lipinski definition) is 3. The van der Waals surface area contributed by atoms with Crippen LogP contribution >= 0.6 is 0 Å². The van der Waals surface area contributed by atoms with E-state index >= 15 is 0 Å². The van der Waals surface area contributed by atoms with Gasteiger partial charge < -0.3 is 15.4 Å². The van der Waals surface area contributed by atoms with Gasteiger partial charge in [0, 0.05) is 31.7 Å². The minimum absolute atomic E-state index is 0.0937. The van der Waals surface area contributed by atoms with Gasteiger partial charge in [-0.3, -0.25) is 4.79 Å². The molecule has 0 spiro atoms. The second-order valence-corrected chi connectivity index (χ2v) is 6.15. The molecule has 2 N–H and O–H groups in total. The van der Waals surface area contributed by atoms with E-state index in [0.29, 0.717) is 31.0 Å². The maximum absolute atomic E-state index is 12.9. The van der Waals surface area contributed by atoms with Gasteiger partial charge in [-0.15, -0.1) is 0 Å². The van der Waals surface area contributed by atoms with Crippen LogP contribution in [0.15, 0.2) is 0 Å². The second-order valence-electron chi connectivity index (χ2n) is 6.15. The predicted molar refractivity (Wildman–Crippen MR) is 82.4 cm³/mol. The minimum Gasteiger partial charge on any atom is -0.383 e. The Morgan fingerprint density at radius 3 is 2.55 bits per heavy atom. The Balaban J connectivity index is 2.79. The van der Waals surface area contributed by atoms with Gasteiger partial charge in [-0.1, -0.05) is 20.8 Å². The number of hydrogen-bond donors (Lipinski definition) is 1. The van der Waals surface area contributed by atoms with Crippen molar-refractivity contribution >= 4 is 5.91 Å². The van der Waals surface area contributed by atoms with Gasteiger partial charge in [-0.25, -0.2) is 0 Å². The Morgan fingerprint density at radius 1 is 1.35 bits per heavy atom.